The Bertz CT molecular complexity index is 1210. The molecule has 1 fully saturated rings. The number of nitrogens with one attached hydrogen (secondary N) is 1. The molecule has 9 nitrogen and oxygen atoms in total. The van der Waals surface area contributed by atoms with E-state index in [2.05, 4.69) is 22.1 Å². The van der Waals surface area contributed by atoms with Crippen molar-refractivity contribution in [3.63, 3.8) is 0 Å². The Balaban J connectivity index is 1.51. The lowest BCUT2D eigenvalue weighted by atomic mass is 9.97. The summed E-state index contributed by atoms with van der Waals surface area (Å²) in [6.45, 7) is 4.84. The molecule has 1 atom stereocenters. The molecule has 4 heterocycles. The molecule has 0 saturated carbocycles. The molecular formula is C24H29N7O2. The number of methoxy groups -OCH3 is 1. The van der Waals surface area contributed by atoms with E-state index < -0.39 is 0 Å². The molecule has 3 aromatic rings. The molecule has 2 aromatic heterocycles. The van der Waals surface area contributed by atoms with Crippen molar-refractivity contribution in [2.75, 3.05) is 35.8 Å². The van der Waals surface area contributed by atoms with Gasteiger partial charge in [0.05, 0.1) is 30.5 Å². The fraction of sp³-hybridized carbons (Fsp3) is 0.417. The first-order valence-corrected chi connectivity index (χ1v) is 11.4. The minimum atomic E-state index is -0.137. The SMILES string of the molecule is CCc1nc(Nc2ccc(-n3cnc(C)c3)c(OC)c2)nc2c1N(C)C(=O)[C@H]1CCCCN21. The number of imidazole rings is 1. The van der Waals surface area contributed by atoms with Crippen LogP contribution in [0.5, 0.6) is 5.75 Å². The van der Waals surface area contributed by atoms with Crippen LogP contribution in [0.4, 0.5) is 23.1 Å². The van der Waals surface area contributed by atoms with Gasteiger partial charge in [0.25, 0.3) is 0 Å². The molecule has 33 heavy (non-hydrogen) atoms. The van der Waals surface area contributed by atoms with Crippen LogP contribution in [0.25, 0.3) is 5.69 Å². The first-order chi connectivity index (χ1) is 16.0. The van der Waals surface area contributed by atoms with Crippen molar-refractivity contribution in [1.82, 2.24) is 19.5 Å². The minimum absolute atomic E-state index is 0.135. The average Bonchev–Trinajstić information content (AvgIpc) is 3.27. The van der Waals surface area contributed by atoms with Crippen LogP contribution in [0.1, 0.15) is 37.6 Å². The van der Waals surface area contributed by atoms with Crippen molar-refractivity contribution in [2.45, 2.75) is 45.6 Å². The van der Waals surface area contributed by atoms with Crippen LogP contribution in [-0.4, -0.2) is 52.2 Å². The summed E-state index contributed by atoms with van der Waals surface area (Å²) in [6, 6.07) is 5.75. The van der Waals surface area contributed by atoms with E-state index in [4.69, 9.17) is 14.7 Å². The van der Waals surface area contributed by atoms with Gasteiger partial charge in [-0.3, -0.25) is 4.79 Å². The molecule has 1 saturated heterocycles. The quantitative estimate of drug-likeness (QED) is 0.639. The van der Waals surface area contributed by atoms with Crippen molar-refractivity contribution < 1.29 is 9.53 Å². The highest BCUT2D eigenvalue weighted by molar-refractivity contribution is 6.05. The number of piperidine rings is 1. The number of ether oxygens (including phenoxy) is 1. The number of aromatic nitrogens is 4. The van der Waals surface area contributed by atoms with Gasteiger partial charge in [0.2, 0.25) is 11.9 Å². The van der Waals surface area contributed by atoms with Crippen LogP contribution in [0, 0.1) is 6.92 Å². The van der Waals surface area contributed by atoms with Crippen molar-refractivity contribution in [3.05, 3.63) is 42.1 Å². The molecule has 1 aromatic carbocycles. The number of hydrogen-bond donors (Lipinski definition) is 1. The lowest BCUT2D eigenvalue weighted by Crippen LogP contribution is -2.55. The fourth-order valence-electron chi connectivity index (χ4n) is 4.76. The van der Waals surface area contributed by atoms with E-state index in [-0.39, 0.29) is 11.9 Å². The first kappa shape index (κ1) is 21.2. The Kier molecular flexibility index (Phi) is 5.39. The Labute approximate surface area is 193 Å². The number of rotatable bonds is 5. The molecule has 0 aliphatic carbocycles. The number of likely N-dealkylation sites (N-methyl/N-ethyl adjacent to an activating group) is 1. The zero-order chi connectivity index (χ0) is 23.1. The molecule has 9 heteroatoms. The number of carbonyl (C=O) groups is 1. The zero-order valence-electron chi connectivity index (χ0n) is 19.5. The molecule has 1 amide bonds. The van der Waals surface area contributed by atoms with E-state index in [1.54, 1.807) is 18.3 Å². The maximum absolute atomic E-state index is 13.0. The van der Waals surface area contributed by atoms with Gasteiger partial charge in [-0.25, -0.2) is 9.97 Å². The lowest BCUT2D eigenvalue weighted by Gasteiger charge is -2.43. The van der Waals surface area contributed by atoms with Gasteiger partial charge in [-0.15, -0.1) is 0 Å². The average molecular weight is 448 g/mol. The van der Waals surface area contributed by atoms with Crippen LogP contribution in [0.3, 0.4) is 0 Å². The summed E-state index contributed by atoms with van der Waals surface area (Å²) in [5.41, 5.74) is 4.35. The summed E-state index contributed by atoms with van der Waals surface area (Å²) in [5, 5.41) is 3.35. The Morgan fingerprint density at radius 1 is 1.24 bits per heavy atom. The second-order valence-corrected chi connectivity index (χ2v) is 8.56. The Morgan fingerprint density at radius 2 is 2.09 bits per heavy atom. The molecule has 0 spiro atoms. The van der Waals surface area contributed by atoms with Gasteiger partial charge >= 0.3 is 0 Å². The third kappa shape index (κ3) is 3.67. The highest BCUT2D eigenvalue weighted by Crippen LogP contribution is 2.40. The van der Waals surface area contributed by atoms with Crippen molar-refractivity contribution in [2.24, 2.45) is 0 Å². The van der Waals surface area contributed by atoms with E-state index in [1.807, 2.05) is 42.9 Å². The molecule has 0 radical (unpaired) electrons. The molecular weight excluding hydrogens is 418 g/mol. The number of amides is 1. The van der Waals surface area contributed by atoms with Gasteiger partial charge < -0.3 is 24.4 Å². The predicted octanol–water partition coefficient (Wildman–Crippen LogP) is 3.62. The van der Waals surface area contributed by atoms with Crippen LogP contribution >= 0.6 is 0 Å². The van der Waals surface area contributed by atoms with E-state index in [1.165, 1.54) is 0 Å². The summed E-state index contributed by atoms with van der Waals surface area (Å²) in [7, 11) is 3.49. The second-order valence-electron chi connectivity index (χ2n) is 8.56. The van der Waals surface area contributed by atoms with Crippen LogP contribution < -0.4 is 19.9 Å². The van der Waals surface area contributed by atoms with Crippen molar-refractivity contribution in [3.8, 4) is 11.4 Å². The zero-order valence-corrected chi connectivity index (χ0v) is 19.5. The molecule has 0 unspecified atom stereocenters. The minimum Gasteiger partial charge on any atom is -0.494 e. The van der Waals surface area contributed by atoms with Crippen molar-refractivity contribution >= 4 is 29.0 Å². The summed E-state index contributed by atoms with van der Waals surface area (Å²) in [5.74, 6) is 2.21. The normalized spacial score (nSPS) is 17.6. The van der Waals surface area contributed by atoms with Crippen LogP contribution in [0.15, 0.2) is 30.7 Å². The molecule has 172 valence electrons. The van der Waals surface area contributed by atoms with Gasteiger partial charge in [-0.1, -0.05) is 6.92 Å². The summed E-state index contributed by atoms with van der Waals surface area (Å²) >= 11 is 0. The number of aryl methyl sites for hydroxylation is 2. The highest BCUT2D eigenvalue weighted by atomic mass is 16.5. The van der Waals surface area contributed by atoms with Gasteiger partial charge in [-0.2, -0.15) is 4.98 Å². The topological polar surface area (TPSA) is 88.4 Å². The predicted molar refractivity (Wildman–Crippen MR) is 128 cm³/mol. The van der Waals surface area contributed by atoms with E-state index in [0.29, 0.717) is 18.1 Å². The number of hydrogen-bond acceptors (Lipinski definition) is 7. The largest absolute Gasteiger partial charge is 0.494 e. The fourth-order valence-corrected chi connectivity index (χ4v) is 4.76. The number of fused-ring (bicyclic) bond motifs is 3. The van der Waals surface area contributed by atoms with Gasteiger partial charge in [0, 0.05) is 31.5 Å². The van der Waals surface area contributed by atoms with Crippen LogP contribution in [-0.2, 0) is 11.2 Å². The summed E-state index contributed by atoms with van der Waals surface area (Å²) < 4.78 is 7.57. The monoisotopic (exact) mass is 447 g/mol. The third-order valence-corrected chi connectivity index (χ3v) is 6.42. The smallest absolute Gasteiger partial charge is 0.249 e. The summed E-state index contributed by atoms with van der Waals surface area (Å²) in [4.78, 5) is 30.8. The van der Waals surface area contributed by atoms with E-state index in [0.717, 1.165) is 60.1 Å². The van der Waals surface area contributed by atoms with Crippen LogP contribution in [0.2, 0.25) is 0 Å². The maximum Gasteiger partial charge on any atom is 0.249 e. The number of carbonyl (C=O) groups excluding carboxylic acids is 1. The molecule has 0 bridgehead atoms. The van der Waals surface area contributed by atoms with Gasteiger partial charge in [0.1, 0.15) is 17.5 Å². The van der Waals surface area contributed by atoms with Gasteiger partial charge in [-0.05, 0) is 44.7 Å². The molecule has 2 aliphatic rings. The maximum atomic E-state index is 13.0. The Morgan fingerprint density at radius 3 is 2.82 bits per heavy atom. The van der Waals surface area contributed by atoms with E-state index in [9.17, 15) is 4.79 Å². The molecule has 1 N–H and O–H groups in total. The molecule has 5 rings (SSSR count). The third-order valence-electron chi connectivity index (χ3n) is 6.42. The molecule has 2 aliphatic heterocycles. The number of benzene rings is 1. The van der Waals surface area contributed by atoms with Gasteiger partial charge in [0.15, 0.2) is 5.82 Å². The second kappa shape index (κ2) is 8.38. The van der Waals surface area contributed by atoms with E-state index >= 15 is 0 Å². The number of nitrogens with zero attached hydrogens (tertiary/aromatic N) is 6. The Hall–Kier alpha value is -3.62. The lowest BCUT2D eigenvalue weighted by molar-refractivity contribution is -0.120. The highest BCUT2D eigenvalue weighted by Gasteiger charge is 2.40. The summed E-state index contributed by atoms with van der Waals surface area (Å²) in [6.07, 6.45) is 7.43. The first-order valence-electron chi connectivity index (χ1n) is 11.4. The number of anilines is 4. The van der Waals surface area contributed by atoms with Crippen molar-refractivity contribution in [1.29, 1.82) is 0 Å². The standard InChI is InChI=1S/C24H29N7O2/c1-5-17-21-22(31-11-7-6-8-19(31)23(32)29(21)3)28-24(27-17)26-16-9-10-18(20(12-16)33-4)30-13-15(2)25-14-30/h9-10,12-14,19H,5-8,11H2,1-4H3,(H,26,27,28)/t19-/m1/s1.